The Balaban J connectivity index is 2.96. The van der Waals surface area contributed by atoms with Crippen LogP contribution in [0.5, 0.6) is 0 Å². The molecule has 0 aliphatic heterocycles. The van der Waals surface area contributed by atoms with Crippen LogP contribution in [0, 0.1) is 0 Å². The summed E-state index contributed by atoms with van der Waals surface area (Å²) >= 11 is 17.8. The van der Waals surface area contributed by atoms with Gasteiger partial charge < -0.3 is 0 Å². The lowest BCUT2D eigenvalue weighted by molar-refractivity contribution is 1.72. The minimum absolute atomic E-state index is 0.524. The van der Waals surface area contributed by atoms with Crippen molar-refractivity contribution in [2.45, 2.75) is 6.55 Å². The van der Waals surface area contributed by atoms with Gasteiger partial charge in [-0.1, -0.05) is 30.3 Å². The molecule has 1 unspecified atom stereocenters. The maximum Gasteiger partial charge on any atom is 0.198 e. The molecule has 0 aliphatic carbocycles. The van der Waals surface area contributed by atoms with Gasteiger partial charge in [-0.2, -0.15) is 11.1 Å². The van der Waals surface area contributed by atoms with Gasteiger partial charge in [-0.05, 0) is 17.3 Å². The Morgan fingerprint density at radius 3 is 2.17 bits per heavy atom. The molecule has 0 bridgehead atoms. The lowest BCUT2D eigenvalue weighted by Gasteiger charge is -2.15. The quantitative estimate of drug-likeness (QED) is 0.423. The maximum absolute atomic E-state index is 6.26. The number of halogens is 3. The summed E-state index contributed by atoms with van der Waals surface area (Å²) in [6.45, 7) is 2.02. The van der Waals surface area contributed by atoms with E-state index in [1.54, 1.807) is 0 Å². The summed E-state index contributed by atoms with van der Waals surface area (Å²) in [6, 6.07) is 7.59. The van der Waals surface area contributed by atoms with Crippen molar-refractivity contribution in [1.29, 1.82) is 0 Å². The molecule has 0 saturated heterocycles. The molecule has 1 rings (SSSR count). The van der Waals surface area contributed by atoms with Gasteiger partial charge in [-0.3, -0.25) is 0 Å². The zero-order valence-corrected chi connectivity index (χ0v) is 9.92. The predicted molar refractivity (Wildman–Crippen MR) is 59.3 cm³/mol. The van der Waals surface area contributed by atoms with Crippen molar-refractivity contribution in [3.63, 3.8) is 0 Å². The first-order valence-corrected chi connectivity index (χ1v) is 8.20. The molecule has 1 aromatic rings. The summed E-state index contributed by atoms with van der Waals surface area (Å²) in [5.41, 5.74) is 0.524. The lowest BCUT2D eigenvalue weighted by Crippen LogP contribution is -2.41. The Kier molecular flexibility index (Phi) is 3.47. The smallest absolute Gasteiger partial charge is 0.160 e. The van der Waals surface area contributed by atoms with Crippen LogP contribution in [0.2, 0.25) is 11.6 Å². The van der Waals surface area contributed by atoms with Gasteiger partial charge in [-0.15, -0.1) is 11.6 Å². The molecule has 0 heterocycles. The van der Waals surface area contributed by atoms with Gasteiger partial charge in [0.05, 0.1) is 0 Å². The van der Waals surface area contributed by atoms with Crippen LogP contribution in [0.15, 0.2) is 24.3 Å². The molecule has 0 aliphatic rings. The number of rotatable bonds is 2. The number of hydrogen-bond donors (Lipinski definition) is 0. The molecule has 0 spiro atoms. The molecule has 66 valence electrons. The third-order valence-electron chi connectivity index (χ3n) is 1.70. The van der Waals surface area contributed by atoms with Crippen molar-refractivity contribution >= 4 is 46.9 Å². The van der Waals surface area contributed by atoms with E-state index >= 15 is 0 Å². The van der Waals surface area contributed by atoms with Crippen LogP contribution in [0.1, 0.15) is 0 Å². The molecule has 0 saturated carbocycles. The first-order chi connectivity index (χ1) is 5.56. The zero-order chi connectivity index (χ0) is 9.19. The van der Waals surface area contributed by atoms with Crippen molar-refractivity contribution in [2.75, 3.05) is 5.50 Å². The van der Waals surface area contributed by atoms with Crippen LogP contribution in [0.3, 0.4) is 0 Å². The van der Waals surface area contributed by atoms with Crippen molar-refractivity contribution in [2.24, 2.45) is 0 Å². The van der Waals surface area contributed by atoms with Gasteiger partial charge in [0.2, 0.25) is 0 Å². The van der Waals surface area contributed by atoms with Crippen LogP contribution in [0.25, 0.3) is 0 Å². The van der Waals surface area contributed by atoms with E-state index in [-0.39, 0.29) is 0 Å². The molecule has 4 heteroatoms. The highest BCUT2D eigenvalue weighted by Gasteiger charge is 2.25. The van der Waals surface area contributed by atoms with Crippen LogP contribution >= 0.6 is 34.3 Å². The van der Waals surface area contributed by atoms with Gasteiger partial charge in [0.15, 0.2) is 7.38 Å². The third-order valence-corrected chi connectivity index (χ3v) is 7.06. The van der Waals surface area contributed by atoms with Gasteiger partial charge in [0.25, 0.3) is 0 Å². The monoisotopic (exact) mass is 238 g/mol. The highest BCUT2D eigenvalue weighted by atomic mass is 35.6. The minimum Gasteiger partial charge on any atom is -0.160 e. The highest BCUT2D eigenvalue weighted by Crippen LogP contribution is 2.13. The number of benzene rings is 1. The minimum atomic E-state index is -1.90. The average molecular weight is 240 g/mol. The molecule has 12 heavy (non-hydrogen) atoms. The van der Waals surface area contributed by atoms with Crippen LogP contribution in [-0.4, -0.2) is 12.9 Å². The molecular formula is C8H9Cl3Si. The summed E-state index contributed by atoms with van der Waals surface area (Å²) in [6.07, 6.45) is 0. The van der Waals surface area contributed by atoms with E-state index in [0.717, 1.165) is 10.2 Å². The summed E-state index contributed by atoms with van der Waals surface area (Å²) in [7, 11) is -1.90. The SMILES string of the molecule is C[Si](Cl)(CCl)c1ccc(Cl)cc1. The van der Waals surface area contributed by atoms with Crippen LogP contribution < -0.4 is 5.19 Å². The van der Waals surface area contributed by atoms with Crippen molar-refractivity contribution in [3.05, 3.63) is 29.3 Å². The van der Waals surface area contributed by atoms with E-state index in [2.05, 4.69) is 0 Å². The Morgan fingerprint density at radius 2 is 1.75 bits per heavy atom. The van der Waals surface area contributed by atoms with E-state index in [9.17, 15) is 0 Å². The highest BCUT2D eigenvalue weighted by molar-refractivity contribution is 7.28. The molecule has 0 N–H and O–H groups in total. The standard InChI is InChI=1S/C8H9Cl3Si/c1-12(11,6-9)8-4-2-7(10)3-5-8/h2-5H,6H2,1H3. The second kappa shape index (κ2) is 4.01. The fraction of sp³-hybridized carbons (Fsp3) is 0.250. The fourth-order valence-corrected chi connectivity index (χ4v) is 2.86. The van der Waals surface area contributed by atoms with E-state index in [1.165, 1.54) is 0 Å². The molecule has 0 amide bonds. The lowest BCUT2D eigenvalue weighted by atomic mass is 10.4. The topological polar surface area (TPSA) is 0 Å². The molecule has 1 aromatic carbocycles. The molecule has 0 aromatic heterocycles. The first-order valence-electron chi connectivity index (χ1n) is 3.57. The van der Waals surface area contributed by atoms with Gasteiger partial charge >= 0.3 is 0 Å². The van der Waals surface area contributed by atoms with Crippen LogP contribution in [-0.2, 0) is 0 Å². The largest absolute Gasteiger partial charge is 0.198 e. The Labute approximate surface area is 88.2 Å². The molecule has 1 atom stereocenters. The summed E-state index contributed by atoms with van der Waals surface area (Å²) in [4.78, 5) is 0. The van der Waals surface area contributed by atoms with Crippen molar-refractivity contribution in [3.8, 4) is 0 Å². The van der Waals surface area contributed by atoms with E-state index < -0.39 is 7.38 Å². The van der Waals surface area contributed by atoms with E-state index in [4.69, 9.17) is 34.3 Å². The maximum atomic E-state index is 6.26. The van der Waals surface area contributed by atoms with E-state index in [1.807, 2.05) is 30.8 Å². The second-order valence-electron chi connectivity index (χ2n) is 2.84. The summed E-state index contributed by atoms with van der Waals surface area (Å²) in [5, 5.41) is 1.86. The fourth-order valence-electron chi connectivity index (χ4n) is 0.875. The second-order valence-corrected chi connectivity index (χ2v) is 9.82. The summed E-state index contributed by atoms with van der Waals surface area (Å²) < 4.78 is 0. The van der Waals surface area contributed by atoms with Crippen LogP contribution in [0.4, 0.5) is 0 Å². The van der Waals surface area contributed by atoms with Gasteiger partial charge in [0.1, 0.15) is 0 Å². The number of hydrogen-bond acceptors (Lipinski definition) is 0. The molecule has 0 nitrogen and oxygen atoms in total. The van der Waals surface area contributed by atoms with E-state index in [0.29, 0.717) is 5.50 Å². The Morgan fingerprint density at radius 1 is 1.25 bits per heavy atom. The third kappa shape index (κ3) is 2.40. The van der Waals surface area contributed by atoms with Crippen molar-refractivity contribution < 1.29 is 0 Å². The molecule has 0 fully saturated rings. The molecular weight excluding hydrogens is 231 g/mol. The van der Waals surface area contributed by atoms with Gasteiger partial charge in [-0.25, -0.2) is 0 Å². The van der Waals surface area contributed by atoms with Gasteiger partial charge in [0, 0.05) is 10.5 Å². The predicted octanol–water partition coefficient (Wildman–Crippen LogP) is 3.14. The first kappa shape index (κ1) is 10.4. The Bertz CT molecular complexity index is 256. The zero-order valence-electron chi connectivity index (χ0n) is 6.65. The molecule has 0 radical (unpaired) electrons. The number of alkyl halides is 1. The normalized spacial score (nSPS) is 15.7. The summed E-state index contributed by atoms with van der Waals surface area (Å²) in [5.74, 6) is 0. The Hall–Kier alpha value is 0.307. The average Bonchev–Trinajstić information content (AvgIpc) is 2.05. The van der Waals surface area contributed by atoms with Crippen molar-refractivity contribution in [1.82, 2.24) is 0 Å².